The van der Waals surface area contributed by atoms with Crippen molar-refractivity contribution in [3.05, 3.63) is 65.2 Å². The van der Waals surface area contributed by atoms with E-state index in [0.717, 1.165) is 11.3 Å². The maximum Gasteiger partial charge on any atom is 0.408 e. The summed E-state index contributed by atoms with van der Waals surface area (Å²) in [6.07, 6.45) is -0.630. The molecule has 194 valence electrons. The second kappa shape index (κ2) is 12.0. The first-order chi connectivity index (χ1) is 17.1. The number of fused-ring (bicyclic) bond motifs is 1. The van der Waals surface area contributed by atoms with E-state index in [9.17, 15) is 14.4 Å². The molecule has 0 spiro atoms. The number of alkyl carbamates (subject to hydrolysis) is 1. The third-order valence-corrected chi connectivity index (χ3v) is 5.73. The second-order valence-corrected chi connectivity index (χ2v) is 9.53. The van der Waals surface area contributed by atoms with Crippen LogP contribution in [0.1, 0.15) is 53.1 Å². The van der Waals surface area contributed by atoms with E-state index in [2.05, 4.69) is 10.2 Å². The lowest BCUT2D eigenvalue weighted by molar-refractivity contribution is 0.0467. The number of nitrogens with zero attached hydrogens (tertiary/aromatic N) is 2. The van der Waals surface area contributed by atoms with Gasteiger partial charge in [-0.2, -0.15) is 0 Å². The average Bonchev–Trinajstić information content (AvgIpc) is 3.08. The van der Waals surface area contributed by atoms with Gasteiger partial charge >= 0.3 is 6.09 Å². The molecule has 0 saturated carbocycles. The lowest BCUT2D eigenvalue weighted by Crippen LogP contribution is -2.42. The summed E-state index contributed by atoms with van der Waals surface area (Å²) in [7, 11) is 3.31. The normalized spacial score (nSPS) is 14.0. The van der Waals surface area contributed by atoms with Crippen LogP contribution in [0.3, 0.4) is 0 Å². The molecule has 0 bridgehead atoms. The third-order valence-electron chi connectivity index (χ3n) is 5.73. The molecule has 9 nitrogen and oxygen atoms in total. The van der Waals surface area contributed by atoms with Gasteiger partial charge in [0.2, 0.25) is 0 Å². The molecule has 1 N–H and O–H groups in total. The zero-order valence-corrected chi connectivity index (χ0v) is 21.6. The molecule has 36 heavy (non-hydrogen) atoms. The molecule has 2 aromatic carbocycles. The first-order valence-electron chi connectivity index (χ1n) is 11.9. The molecule has 9 heteroatoms. The van der Waals surface area contributed by atoms with Crippen LogP contribution in [0.2, 0.25) is 0 Å². The fourth-order valence-corrected chi connectivity index (χ4v) is 3.96. The fourth-order valence-electron chi connectivity index (χ4n) is 3.96. The predicted octanol–water partition coefficient (Wildman–Crippen LogP) is 3.65. The van der Waals surface area contributed by atoms with Crippen molar-refractivity contribution < 1.29 is 28.6 Å². The highest BCUT2D eigenvalue weighted by Gasteiger charge is 2.37. The summed E-state index contributed by atoms with van der Waals surface area (Å²) in [5, 5.41) is 2.84. The molecule has 0 saturated heterocycles. The van der Waals surface area contributed by atoms with Crippen molar-refractivity contribution in [2.24, 2.45) is 0 Å². The van der Waals surface area contributed by atoms with E-state index < -0.39 is 17.7 Å². The van der Waals surface area contributed by atoms with E-state index in [-0.39, 0.29) is 18.4 Å². The summed E-state index contributed by atoms with van der Waals surface area (Å²) >= 11 is 0. The van der Waals surface area contributed by atoms with Gasteiger partial charge in [0.25, 0.3) is 11.8 Å². The minimum absolute atomic E-state index is 0.0258. The molecule has 1 heterocycles. The highest BCUT2D eigenvalue weighted by atomic mass is 16.6. The van der Waals surface area contributed by atoms with Crippen molar-refractivity contribution in [3.63, 3.8) is 0 Å². The smallest absolute Gasteiger partial charge is 0.408 e. The molecule has 1 aliphatic rings. The Morgan fingerprint density at radius 1 is 0.917 bits per heavy atom. The monoisotopic (exact) mass is 497 g/mol. The van der Waals surface area contributed by atoms with E-state index in [4.69, 9.17) is 14.2 Å². The van der Waals surface area contributed by atoms with Crippen LogP contribution in [0.15, 0.2) is 48.5 Å². The van der Waals surface area contributed by atoms with Crippen molar-refractivity contribution in [2.45, 2.75) is 32.4 Å². The minimum Gasteiger partial charge on any atom is -0.444 e. The summed E-state index contributed by atoms with van der Waals surface area (Å²) in [6.45, 7) is 7.80. The van der Waals surface area contributed by atoms with E-state index in [0.29, 0.717) is 37.4 Å². The number of carbonyl (C=O) groups is 3. The number of benzene rings is 2. The van der Waals surface area contributed by atoms with Crippen molar-refractivity contribution in [1.82, 2.24) is 10.2 Å². The molecule has 0 aromatic heterocycles. The largest absolute Gasteiger partial charge is 0.444 e. The number of amides is 3. The summed E-state index contributed by atoms with van der Waals surface area (Å²) in [5.41, 5.74) is 1.72. The zero-order valence-electron chi connectivity index (χ0n) is 21.6. The summed E-state index contributed by atoms with van der Waals surface area (Å²) in [4.78, 5) is 41.9. The number of hydrogen-bond acceptors (Lipinski definition) is 7. The number of hydrogen-bond donors (Lipinski definition) is 1. The number of methoxy groups -OCH3 is 2. The summed E-state index contributed by atoms with van der Waals surface area (Å²) in [6, 6.07) is 13.7. The van der Waals surface area contributed by atoms with Crippen molar-refractivity contribution in [3.8, 4) is 0 Å². The van der Waals surface area contributed by atoms with Gasteiger partial charge in [0.15, 0.2) is 0 Å². The van der Waals surface area contributed by atoms with Gasteiger partial charge in [-0.15, -0.1) is 0 Å². The predicted molar refractivity (Wildman–Crippen MR) is 136 cm³/mol. The molecule has 1 atom stereocenters. The molecule has 0 aliphatic carbocycles. The molecule has 1 aliphatic heterocycles. The fraction of sp³-hybridized carbons (Fsp3) is 0.444. The van der Waals surface area contributed by atoms with Gasteiger partial charge in [-0.05, 0) is 50.6 Å². The van der Waals surface area contributed by atoms with Gasteiger partial charge in [-0.3, -0.25) is 14.5 Å². The van der Waals surface area contributed by atoms with Gasteiger partial charge in [0.1, 0.15) is 5.60 Å². The van der Waals surface area contributed by atoms with E-state index >= 15 is 0 Å². The average molecular weight is 498 g/mol. The standard InChI is InChI=1S/C27H35N3O6/c1-27(2,3)36-26(33)28-23(18-30-24(31)21-8-6-7-9-22(21)25(30)32)19-10-12-20(13-11-19)29(14-16-34-4)15-17-35-5/h6-13,23H,14-18H2,1-5H3,(H,28,33)/t23-/m1/s1. The first kappa shape index (κ1) is 27.2. The van der Waals surface area contributed by atoms with Crippen molar-refractivity contribution in [1.29, 1.82) is 0 Å². The maximum atomic E-state index is 13.0. The summed E-state index contributed by atoms with van der Waals surface area (Å²) < 4.78 is 15.9. The van der Waals surface area contributed by atoms with Gasteiger partial charge in [0.05, 0.1) is 36.9 Å². The van der Waals surface area contributed by atoms with E-state index in [1.165, 1.54) is 4.90 Å². The van der Waals surface area contributed by atoms with Crippen LogP contribution in [0, 0.1) is 0 Å². The topological polar surface area (TPSA) is 97.4 Å². The molecule has 0 radical (unpaired) electrons. The molecular weight excluding hydrogens is 462 g/mol. The number of carbonyl (C=O) groups excluding carboxylic acids is 3. The molecule has 0 fully saturated rings. The Bertz CT molecular complexity index is 1020. The zero-order chi connectivity index (χ0) is 26.3. The van der Waals surface area contributed by atoms with Crippen LogP contribution in [0.5, 0.6) is 0 Å². The highest BCUT2D eigenvalue weighted by molar-refractivity contribution is 6.21. The van der Waals surface area contributed by atoms with Gasteiger partial charge in [0, 0.05) is 33.0 Å². The summed E-state index contributed by atoms with van der Waals surface area (Å²) in [5.74, 6) is -0.762. The van der Waals surface area contributed by atoms with E-state index in [1.807, 2.05) is 24.3 Å². The molecule has 2 aromatic rings. The van der Waals surface area contributed by atoms with Crippen LogP contribution in [-0.4, -0.2) is 75.5 Å². The van der Waals surface area contributed by atoms with Crippen LogP contribution in [0.4, 0.5) is 10.5 Å². The Hall–Kier alpha value is -3.43. The number of ether oxygens (including phenoxy) is 3. The van der Waals surface area contributed by atoms with Gasteiger partial charge < -0.3 is 24.4 Å². The number of imide groups is 1. The highest BCUT2D eigenvalue weighted by Crippen LogP contribution is 2.27. The van der Waals surface area contributed by atoms with Gasteiger partial charge in [-0.1, -0.05) is 24.3 Å². The van der Waals surface area contributed by atoms with Crippen molar-refractivity contribution >= 4 is 23.6 Å². The van der Waals surface area contributed by atoms with E-state index in [1.54, 1.807) is 59.3 Å². The Labute approximate surface area is 212 Å². The van der Waals surface area contributed by atoms with Crippen LogP contribution in [-0.2, 0) is 14.2 Å². The molecule has 3 amide bonds. The third kappa shape index (κ3) is 6.83. The quantitative estimate of drug-likeness (QED) is 0.473. The van der Waals surface area contributed by atoms with Crippen LogP contribution < -0.4 is 10.2 Å². The van der Waals surface area contributed by atoms with Crippen molar-refractivity contribution in [2.75, 3.05) is 52.0 Å². The Kier molecular flexibility index (Phi) is 9.06. The molecule has 3 rings (SSSR count). The minimum atomic E-state index is -0.697. The van der Waals surface area contributed by atoms with Crippen LogP contribution >= 0.6 is 0 Å². The molecule has 0 unspecified atom stereocenters. The number of rotatable bonds is 11. The lowest BCUT2D eigenvalue weighted by atomic mass is 10.1. The molecular formula is C27H35N3O6. The second-order valence-electron chi connectivity index (χ2n) is 9.53. The first-order valence-corrected chi connectivity index (χ1v) is 11.9. The van der Waals surface area contributed by atoms with Gasteiger partial charge in [-0.25, -0.2) is 4.79 Å². The Morgan fingerprint density at radius 3 is 1.92 bits per heavy atom. The van der Waals surface area contributed by atoms with Crippen LogP contribution in [0.25, 0.3) is 0 Å². The SMILES string of the molecule is COCCN(CCOC)c1ccc([C@@H](CN2C(=O)c3ccccc3C2=O)NC(=O)OC(C)(C)C)cc1. The Morgan fingerprint density at radius 2 is 1.44 bits per heavy atom. The number of nitrogens with one attached hydrogen (secondary N) is 1. The lowest BCUT2D eigenvalue weighted by Gasteiger charge is -2.28. The number of anilines is 1. The Balaban J connectivity index is 1.85. The maximum absolute atomic E-state index is 13.0.